The summed E-state index contributed by atoms with van der Waals surface area (Å²) >= 11 is 3.42. The van der Waals surface area contributed by atoms with Gasteiger partial charge in [-0.15, -0.1) is 0 Å². The normalized spacial score (nSPS) is 10.8. The molecule has 0 bridgehead atoms. The average molecular weight is 317 g/mol. The first-order chi connectivity index (χ1) is 9.24. The van der Waals surface area contributed by atoms with Crippen LogP contribution in [-0.2, 0) is 6.54 Å². The van der Waals surface area contributed by atoms with Crippen molar-refractivity contribution in [1.29, 1.82) is 5.26 Å². The van der Waals surface area contributed by atoms with Crippen molar-refractivity contribution in [2.24, 2.45) is 0 Å². The van der Waals surface area contributed by atoms with Crippen molar-refractivity contribution in [3.05, 3.63) is 35.0 Å². The first-order valence-electron chi connectivity index (χ1n) is 5.70. The number of aryl methyl sites for hydroxylation is 1. The monoisotopic (exact) mass is 316 g/mol. The summed E-state index contributed by atoms with van der Waals surface area (Å²) in [5.41, 5.74) is 2.70. The lowest BCUT2D eigenvalue weighted by atomic mass is 10.3. The minimum Gasteiger partial charge on any atom is -0.329 e. The highest BCUT2D eigenvalue weighted by molar-refractivity contribution is 9.10. The molecule has 0 amide bonds. The van der Waals surface area contributed by atoms with E-state index in [1.807, 2.05) is 23.6 Å². The number of imidazole rings is 2. The van der Waals surface area contributed by atoms with E-state index in [1.165, 1.54) is 10.7 Å². The lowest BCUT2D eigenvalue weighted by Crippen LogP contribution is -2.01. The summed E-state index contributed by atoms with van der Waals surface area (Å²) in [5.74, 6) is 0. The van der Waals surface area contributed by atoms with E-state index in [9.17, 15) is 0 Å². The van der Waals surface area contributed by atoms with Crippen LogP contribution in [0.4, 0.5) is 0 Å². The predicted octanol–water partition coefficient (Wildman–Crippen LogP) is 2.25. The SMILES string of the molecule is CCn1cnc(Br)c1-c1ccc2ncc(C#N)n2n1. The molecule has 3 aromatic heterocycles. The molecular formula is C12H9BrN6. The van der Waals surface area contributed by atoms with Gasteiger partial charge in [-0.25, -0.2) is 14.5 Å². The zero-order valence-corrected chi connectivity index (χ0v) is 11.7. The van der Waals surface area contributed by atoms with Crippen LogP contribution < -0.4 is 0 Å². The number of nitrogens with zero attached hydrogens (tertiary/aromatic N) is 6. The van der Waals surface area contributed by atoms with Gasteiger partial charge in [-0.05, 0) is 35.0 Å². The third kappa shape index (κ3) is 1.81. The Balaban J connectivity index is 2.25. The fourth-order valence-electron chi connectivity index (χ4n) is 1.93. The Morgan fingerprint density at radius 2 is 2.21 bits per heavy atom. The van der Waals surface area contributed by atoms with E-state index in [0.29, 0.717) is 11.3 Å². The predicted molar refractivity (Wildman–Crippen MR) is 72.3 cm³/mol. The molecule has 19 heavy (non-hydrogen) atoms. The van der Waals surface area contributed by atoms with Crippen molar-refractivity contribution in [1.82, 2.24) is 24.1 Å². The van der Waals surface area contributed by atoms with E-state index < -0.39 is 0 Å². The lowest BCUT2D eigenvalue weighted by molar-refractivity contribution is 0.762. The van der Waals surface area contributed by atoms with Gasteiger partial charge in [-0.2, -0.15) is 10.4 Å². The third-order valence-corrected chi connectivity index (χ3v) is 3.43. The highest BCUT2D eigenvalue weighted by atomic mass is 79.9. The molecule has 3 aromatic rings. The van der Waals surface area contributed by atoms with Gasteiger partial charge in [0.05, 0.1) is 12.5 Å². The number of hydrogen-bond acceptors (Lipinski definition) is 4. The van der Waals surface area contributed by atoms with Gasteiger partial charge in [0, 0.05) is 6.54 Å². The molecule has 0 atom stereocenters. The number of fused-ring (bicyclic) bond motifs is 1. The van der Waals surface area contributed by atoms with Gasteiger partial charge in [-0.3, -0.25) is 0 Å². The molecule has 6 nitrogen and oxygen atoms in total. The molecule has 94 valence electrons. The van der Waals surface area contributed by atoms with Crippen LogP contribution in [0.5, 0.6) is 0 Å². The van der Waals surface area contributed by atoms with E-state index in [-0.39, 0.29) is 0 Å². The number of nitriles is 1. The second kappa shape index (κ2) is 4.48. The number of halogens is 1. The molecule has 0 saturated heterocycles. The van der Waals surface area contributed by atoms with E-state index in [0.717, 1.165) is 22.5 Å². The first-order valence-corrected chi connectivity index (χ1v) is 6.49. The van der Waals surface area contributed by atoms with Crippen molar-refractivity contribution in [2.75, 3.05) is 0 Å². The smallest absolute Gasteiger partial charge is 0.162 e. The number of rotatable bonds is 2. The molecule has 0 N–H and O–H groups in total. The molecule has 0 unspecified atom stereocenters. The van der Waals surface area contributed by atoms with Gasteiger partial charge < -0.3 is 4.57 Å². The van der Waals surface area contributed by atoms with Gasteiger partial charge in [0.15, 0.2) is 11.3 Å². The van der Waals surface area contributed by atoms with Crippen LogP contribution in [0, 0.1) is 11.3 Å². The summed E-state index contributed by atoms with van der Waals surface area (Å²) in [5, 5.41) is 13.5. The van der Waals surface area contributed by atoms with Crippen molar-refractivity contribution in [2.45, 2.75) is 13.5 Å². The quantitative estimate of drug-likeness (QED) is 0.727. The van der Waals surface area contributed by atoms with Gasteiger partial charge in [0.2, 0.25) is 0 Å². The van der Waals surface area contributed by atoms with Crippen LogP contribution in [0.2, 0.25) is 0 Å². The van der Waals surface area contributed by atoms with Crippen LogP contribution in [0.25, 0.3) is 17.0 Å². The van der Waals surface area contributed by atoms with Crippen molar-refractivity contribution in [3.8, 4) is 17.5 Å². The van der Waals surface area contributed by atoms with Crippen LogP contribution in [0.15, 0.2) is 29.3 Å². The molecule has 7 heteroatoms. The second-order valence-corrected chi connectivity index (χ2v) is 4.66. The third-order valence-electron chi connectivity index (χ3n) is 2.85. The average Bonchev–Trinajstić information content (AvgIpc) is 3.00. The summed E-state index contributed by atoms with van der Waals surface area (Å²) in [6.07, 6.45) is 3.27. The van der Waals surface area contributed by atoms with Gasteiger partial charge in [-0.1, -0.05) is 0 Å². The Labute approximate surface area is 117 Å². The molecule has 0 aliphatic heterocycles. The fraction of sp³-hybridized carbons (Fsp3) is 0.167. The van der Waals surface area contributed by atoms with E-state index >= 15 is 0 Å². The Kier molecular flexibility index (Phi) is 2.80. The molecule has 3 rings (SSSR count). The Morgan fingerprint density at radius 3 is 2.95 bits per heavy atom. The molecule has 3 heterocycles. The van der Waals surface area contributed by atoms with Gasteiger partial charge >= 0.3 is 0 Å². The number of aromatic nitrogens is 5. The molecule has 0 spiro atoms. The van der Waals surface area contributed by atoms with Crippen LogP contribution >= 0.6 is 15.9 Å². The highest BCUT2D eigenvalue weighted by Gasteiger charge is 2.13. The summed E-state index contributed by atoms with van der Waals surface area (Å²) in [6, 6.07) is 5.78. The molecule has 0 radical (unpaired) electrons. The van der Waals surface area contributed by atoms with Crippen molar-refractivity contribution < 1.29 is 0 Å². The summed E-state index contributed by atoms with van der Waals surface area (Å²) in [4.78, 5) is 8.34. The standard InChI is InChI=1S/C12H9BrN6/c1-2-18-7-16-12(13)11(18)9-3-4-10-15-6-8(5-14)19(10)17-9/h3-4,6-7H,2H2,1H3. The van der Waals surface area contributed by atoms with E-state index in [4.69, 9.17) is 5.26 Å². The van der Waals surface area contributed by atoms with E-state index in [1.54, 1.807) is 6.33 Å². The minimum absolute atomic E-state index is 0.413. The minimum atomic E-state index is 0.413. The first kappa shape index (κ1) is 11.9. The maximum Gasteiger partial charge on any atom is 0.162 e. The van der Waals surface area contributed by atoms with E-state index in [2.05, 4.69) is 37.1 Å². The Bertz CT molecular complexity index is 794. The maximum absolute atomic E-state index is 9.02. The lowest BCUT2D eigenvalue weighted by Gasteiger charge is -2.05. The Hall–Kier alpha value is -2.20. The Morgan fingerprint density at radius 1 is 1.37 bits per heavy atom. The van der Waals surface area contributed by atoms with Gasteiger partial charge in [0.25, 0.3) is 0 Å². The summed E-state index contributed by atoms with van der Waals surface area (Å²) in [7, 11) is 0. The fourth-order valence-corrected chi connectivity index (χ4v) is 2.45. The molecule has 0 aromatic carbocycles. The number of hydrogen-bond donors (Lipinski definition) is 0. The van der Waals surface area contributed by atoms with Crippen LogP contribution in [-0.4, -0.2) is 24.1 Å². The topological polar surface area (TPSA) is 71.8 Å². The highest BCUT2D eigenvalue weighted by Crippen LogP contribution is 2.25. The van der Waals surface area contributed by atoms with Crippen molar-refractivity contribution >= 4 is 21.6 Å². The molecule has 0 saturated carbocycles. The van der Waals surface area contributed by atoms with Crippen molar-refractivity contribution in [3.63, 3.8) is 0 Å². The summed E-state index contributed by atoms with van der Waals surface area (Å²) in [6.45, 7) is 2.83. The van der Waals surface area contributed by atoms with Gasteiger partial charge in [0.1, 0.15) is 22.1 Å². The van der Waals surface area contributed by atoms with Crippen LogP contribution in [0.3, 0.4) is 0 Å². The van der Waals surface area contributed by atoms with Crippen LogP contribution in [0.1, 0.15) is 12.6 Å². The maximum atomic E-state index is 9.02. The summed E-state index contributed by atoms with van der Waals surface area (Å²) < 4.78 is 4.26. The second-order valence-electron chi connectivity index (χ2n) is 3.91. The zero-order valence-electron chi connectivity index (χ0n) is 10.1. The molecule has 0 aliphatic carbocycles. The molecule has 0 fully saturated rings. The molecular weight excluding hydrogens is 308 g/mol. The largest absolute Gasteiger partial charge is 0.329 e. The molecule has 0 aliphatic rings. The zero-order chi connectivity index (χ0) is 13.4.